The molecule has 0 aliphatic heterocycles. The maximum absolute atomic E-state index is 4.33. The third-order valence-corrected chi connectivity index (χ3v) is 3.90. The average molecular weight is 424 g/mol. The minimum atomic E-state index is 0.763. The molecule has 0 aliphatic rings. The van der Waals surface area contributed by atoms with Gasteiger partial charge in [0.15, 0.2) is 0 Å². The van der Waals surface area contributed by atoms with Crippen LogP contribution in [-0.2, 0) is 6.54 Å². The second-order valence-electron chi connectivity index (χ2n) is 3.52. The molecule has 0 saturated carbocycles. The van der Waals surface area contributed by atoms with Crippen LogP contribution in [0.2, 0.25) is 0 Å². The van der Waals surface area contributed by atoms with E-state index < -0.39 is 0 Å². The van der Waals surface area contributed by atoms with Gasteiger partial charge in [-0.15, -0.1) is 0 Å². The molecule has 0 unspecified atom stereocenters. The van der Waals surface area contributed by atoms with Crippen LogP contribution in [0.1, 0.15) is 5.69 Å². The quantitative estimate of drug-likeness (QED) is 0.812. The lowest BCUT2D eigenvalue weighted by Crippen LogP contribution is -2.05. The maximum Gasteiger partial charge on any atom is 0.0996 e. The van der Waals surface area contributed by atoms with Crippen molar-refractivity contribution in [2.75, 3.05) is 7.05 Å². The molecular weight excluding hydrogens is 414 g/mol. The Hall–Kier alpha value is -0.170. The van der Waals surface area contributed by atoms with Gasteiger partial charge in [-0.05, 0) is 51.0 Å². The van der Waals surface area contributed by atoms with Gasteiger partial charge in [-0.1, -0.05) is 15.9 Å². The largest absolute Gasteiger partial charge is 0.314 e. The molecule has 0 fully saturated rings. The Balaban J connectivity index is 2.45. The summed E-state index contributed by atoms with van der Waals surface area (Å²) in [4.78, 5) is 4.33. The van der Waals surface area contributed by atoms with E-state index in [9.17, 15) is 0 Å². The molecule has 1 aromatic heterocycles. The lowest BCUT2D eigenvalue weighted by atomic mass is 10.3. The van der Waals surface area contributed by atoms with Crippen molar-refractivity contribution < 1.29 is 0 Å². The Bertz CT molecular complexity index is 514. The standard InChI is InChI=1S/C11H10Br3N3/c1-15-4-8-5-17(6-16-8)11-9(13)2-7(12)3-10(11)14/h2-3,5-6,15H,4H2,1H3. The minimum absolute atomic E-state index is 0.763. The highest BCUT2D eigenvalue weighted by Crippen LogP contribution is 2.32. The van der Waals surface area contributed by atoms with Crippen molar-refractivity contribution in [3.63, 3.8) is 0 Å². The van der Waals surface area contributed by atoms with E-state index in [1.54, 1.807) is 0 Å². The molecule has 0 spiro atoms. The SMILES string of the molecule is CNCc1cn(-c2c(Br)cc(Br)cc2Br)cn1. The molecule has 0 atom stereocenters. The predicted octanol–water partition coefficient (Wildman–Crippen LogP) is 3.88. The zero-order chi connectivity index (χ0) is 12.4. The first-order valence-corrected chi connectivity index (χ1v) is 7.32. The molecule has 0 bridgehead atoms. The van der Waals surface area contributed by atoms with E-state index in [0.29, 0.717) is 0 Å². The molecule has 2 rings (SSSR count). The van der Waals surface area contributed by atoms with Crippen molar-refractivity contribution in [3.05, 3.63) is 43.8 Å². The summed E-state index contributed by atoms with van der Waals surface area (Å²) in [7, 11) is 1.91. The first kappa shape index (κ1) is 13.3. The summed E-state index contributed by atoms with van der Waals surface area (Å²) in [5.41, 5.74) is 2.05. The summed E-state index contributed by atoms with van der Waals surface area (Å²) in [6.45, 7) is 0.763. The summed E-state index contributed by atoms with van der Waals surface area (Å²) in [5.74, 6) is 0. The van der Waals surface area contributed by atoms with Crippen molar-refractivity contribution >= 4 is 47.8 Å². The Morgan fingerprint density at radius 2 is 1.88 bits per heavy atom. The van der Waals surface area contributed by atoms with Gasteiger partial charge >= 0.3 is 0 Å². The van der Waals surface area contributed by atoms with Gasteiger partial charge in [0.1, 0.15) is 0 Å². The zero-order valence-corrected chi connectivity index (χ0v) is 13.8. The van der Waals surface area contributed by atoms with Crippen LogP contribution in [0.4, 0.5) is 0 Å². The van der Waals surface area contributed by atoms with E-state index in [1.807, 2.05) is 36.3 Å². The third kappa shape index (κ3) is 2.99. The van der Waals surface area contributed by atoms with Crippen molar-refractivity contribution in [1.82, 2.24) is 14.9 Å². The van der Waals surface area contributed by atoms with Gasteiger partial charge in [0.2, 0.25) is 0 Å². The highest BCUT2D eigenvalue weighted by molar-refractivity contribution is 9.11. The topological polar surface area (TPSA) is 29.9 Å². The molecule has 90 valence electrons. The average Bonchev–Trinajstić information content (AvgIpc) is 2.65. The van der Waals surface area contributed by atoms with Gasteiger partial charge in [-0.25, -0.2) is 4.98 Å². The molecule has 0 amide bonds. The third-order valence-electron chi connectivity index (χ3n) is 2.23. The zero-order valence-electron chi connectivity index (χ0n) is 9.04. The Labute approximate surface area is 125 Å². The lowest BCUT2D eigenvalue weighted by Gasteiger charge is -2.08. The number of rotatable bonds is 3. The Morgan fingerprint density at radius 3 is 2.47 bits per heavy atom. The molecule has 0 radical (unpaired) electrons. The van der Waals surface area contributed by atoms with E-state index in [-0.39, 0.29) is 0 Å². The minimum Gasteiger partial charge on any atom is -0.314 e. The van der Waals surface area contributed by atoms with Crippen LogP contribution in [0.3, 0.4) is 0 Å². The summed E-state index contributed by atoms with van der Waals surface area (Å²) in [6, 6.07) is 4.02. The highest BCUT2D eigenvalue weighted by atomic mass is 79.9. The molecule has 6 heteroatoms. The number of benzene rings is 1. The smallest absolute Gasteiger partial charge is 0.0996 e. The molecule has 0 saturated heterocycles. The van der Waals surface area contributed by atoms with E-state index in [1.165, 1.54) is 0 Å². The van der Waals surface area contributed by atoms with Crippen LogP contribution in [0.15, 0.2) is 38.1 Å². The van der Waals surface area contributed by atoms with Crippen molar-refractivity contribution in [2.24, 2.45) is 0 Å². The van der Waals surface area contributed by atoms with Crippen LogP contribution < -0.4 is 5.32 Å². The van der Waals surface area contributed by atoms with E-state index in [2.05, 4.69) is 58.1 Å². The van der Waals surface area contributed by atoms with Crippen LogP contribution in [0.25, 0.3) is 5.69 Å². The molecule has 1 heterocycles. The number of hydrogen-bond acceptors (Lipinski definition) is 2. The molecule has 3 nitrogen and oxygen atoms in total. The van der Waals surface area contributed by atoms with E-state index >= 15 is 0 Å². The number of halogens is 3. The molecule has 0 aliphatic carbocycles. The first-order chi connectivity index (χ1) is 8.11. The Kier molecular flexibility index (Phi) is 4.41. The van der Waals surface area contributed by atoms with Gasteiger partial charge in [0.05, 0.1) is 17.7 Å². The molecule has 1 aromatic carbocycles. The molecular formula is C11H10Br3N3. The number of nitrogens with one attached hydrogen (secondary N) is 1. The Morgan fingerprint density at radius 1 is 1.24 bits per heavy atom. The second-order valence-corrected chi connectivity index (χ2v) is 6.14. The van der Waals surface area contributed by atoms with Gasteiger partial charge < -0.3 is 9.88 Å². The van der Waals surface area contributed by atoms with Gasteiger partial charge in [-0.3, -0.25) is 0 Å². The van der Waals surface area contributed by atoms with E-state index in [0.717, 1.165) is 31.3 Å². The second kappa shape index (κ2) is 5.65. The van der Waals surface area contributed by atoms with E-state index in [4.69, 9.17) is 0 Å². The fraction of sp³-hybridized carbons (Fsp3) is 0.182. The number of imidazole rings is 1. The van der Waals surface area contributed by atoms with Gasteiger partial charge in [0.25, 0.3) is 0 Å². The fourth-order valence-electron chi connectivity index (χ4n) is 1.54. The monoisotopic (exact) mass is 421 g/mol. The van der Waals surface area contributed by atoms with Gasteiger partial charge in [0, 0.05) is 26.2 Å². The van der Waals surface area contributed by atoms with Crippen LogP contribution >= 0.6 is 47.8 Å². The summed E-state index contributed by atoms with van der Waals surface area (Å²) in [6.07, 6.45) is 3.82. The normalized spacial score (nSPS) is 10.8. The lowest BCUT2D eigenvalue weighted by molar-refractivity contribution is 0.796. The van der Waals surface area contributed by atoms with Crippen LogP contribution in [-0.4, -0.2) is 16.6 Å². The van der Waals surface area contributed by atoms with Crippen molar-refractivity contribution in [3.8, 4) is 5.69 Å². The van der Waals surface area contributed by atoms with Crippen LogP contribution in [0.5, 0.6) is 0 Å². The molecule has 17 heavy (non-hydrogen) atoms. The summed E-state index contributed by atoms with van der Waals surface area (Å²) >= 11 is 10.6. The number of nitrogens with zero attached hydrogens (tertiary/aromatic N) is 2. The molecule has 2 aromatic rings. The summed E-state index contributed by atoms with van der Waals surface area (Å²) < 4.78 is 5.03. The van der Waals surface area contributed by atoms with Crippen molar-refractivity contribution in [1.29, 1.82) is 0 Å². The first-order valence-electron chi connectivity index (χ1n) is 4.94. The maximum atomic E-state index is 4.33. The molecule has 1 N–H and O–H groups in total. The predicted molar refractivity (Wildman–Crippen MR) is 79.4 cm³/mol. The van der Waals surface area contributed by atoms with Crippen molar-refractivity contribution in [2.45, 2.75) is 6.54 Å². The van der Waals surface area contributed by atoms with Gasteiger partial charge in [-0.2, -0.15) is 0 Å². The number of aromatic nitrogens is 2. The number of hydrogen-bond donors (Lipinski definition) is 1. The summed E-state index contributed by atoms with van der Waals surface area (Å²) in [5, 5.41) is 3.08. The highest BCUT2D eigenvalue weighted by Gasteiger charge is 2.09. The fourth-order valence-corrected chi connectivity index (χ4v) is 4.21. The van der Waals surface area contributed by atoms with Crippen LogP contribution in [0, 0.1) is 0 Å².